The molecule has 1 aliphatic rings. The van der Waals surface area contributed by atoms with Crippen molar-refractivity contribution < 1.29 is 9.72 Å². The lowest BCUT2D eigenvalue weighted by atomic mass is 9.93. The molecule has 122 valence electrons. The third kappa shape index (κ3) is 4.20. The van der Waals surface area contributed by atoms with Gasteiger partial charge in [0.1, 0.15) is 5.02 Å². The van der Waals surface area contributed by atoms with E-state index in [4.69, 9.17) is 16.9 Å². The van der Waals surface area contributed by atoms with Gasteiger partial charge in [-0.3, -0.25) is 14.9 Å². The number of nitro benzene ring substituents is 1. The summed E-state index contributed by atoms with van der Waals surface area (Å²) in [6.07, 6.45) is 5.34. The Balaban J connectivity index is 2.27. The van der Waals surface area contributed by atoms with E-state index in [2.05, 4.69) is 6.07 Å². The van der Waals surface area contributed by atoms with E-state index < -0.39 is 4.92 Å². The third-order valence-electron chi connectivity index (χ3n) is 4.13. The monoisotopic (exact) mass is 335 g/mol. The highest BCUT2D eigenvalue weighted by Gasteiger charge is 2.27. The van der Waals surface area contributed by atoms with Crippen molar-refractivity contribution in [2.75, 3.05) is 6.54 Å². The number of hydrogen-bond donors (Lipinski definition) is 0. The van der Waals surface area contributed by atoms with Gasteiger partial charge in [-0.15, -0.1) is 0 Å². The maximum absolute atomic E-state index is 12.8. The van der Waals surface area contributed by atoms with Crippen molar-refractivity contribution in [3.63, 3.8) is 0 Å². The molecule has 0 aromatic heterocycles. The Labute approximate surface area is 139 Å². The van der Waals surface area contributed by atoms with Crippen LogP contribution in [0.15, 0.2) is 18.2 Å². The Bertz CT molecular complexity index is 636. The first-order chi connectivity index (χ1) is 11.0. The lowest BCUT2D eigenvalue weighted by Gasteiger charge is -2.34. The first kappa shape index (κ1) is 17.2. The number of halogens is 1. The molecule has 0 unspecified atom stereocenters. The topological polar surface area (TPSA) is 87.2 Å². The molecule has 1 fully saturated rings. The van der Waals surface area contributed by atoms with Crippen LogP contribution in [-0.2, 0) is 0 Å². The van der Waals surface area contributed by atoms with Crippen LogP contribution in [0, 0.1) is 21.4 Å². The van der Waals surface area contributed by atoms with Gasteiger partial charge in [0.05, 0.1) is 17.4 Å². The molecule has 23 heavy (non-hydrogen) atoms. The van der Waals surface area contributed by atoms with Crippen molar-refractivity contribution in [2.45, 2.75) is 44.6 Å². The second kappa shape index (κ2) is 7.93. The smallest absolute Gasteiger partial charge is 0.288 e. The maximum atomic E-state index is 12.8. The van der Waals surface area contributed by atoms with Crippen LogP contribution >= 0.6 is 11.6 Å². The second-order valence-electron chi connectivity index (χ2n) is 5.62. The van der Waals surface area contributed by atoms with Gasteiger partial charge in [0.15, 0.2) is 0 Å². The molecular formula is C16H18ClN3O3. The number of nitro groups is 1. The zero-order valence-electron chi connectivity index (χ0n) is 12.7. The predicted octanol–water partition coefficient (Wildman–Crippen LogP) is 3.94. The molecule has 1 aromatic rings. The third-order valence-corrected chi connectivity index (χ3v) is 4.45. The van der Waals surface area contributed by atoms with Gasteiger partial charge in [-0.25, -0.2) is 0 Å². The fourth-order valence-corrected chi connectivity index (χ4v) is 3.15. The molecule has 1 amide bonds. The van der Waals surface area contributed by atoms with Crippen molar-refractivity contribution in [2.24, 2.45) is 0 Å². The van der Waals surface area contributed by atoms with E-state index in [1.165, 1.54) is 18.2 Å². The van der Waals surface area contributed by atoms with E-state index in [1.54, 1.807) is 4.90 Å². The standard InChI is InChI=1S/C16H18ClN3O3/c17-14-8-7-12(11-15(14)20(22)23)16(21)19(10-4-9-18)13-5-2-1-3-6-13/h7-8,11,13H,1-6,10H2. The first-order valence-electron chi connectivity index (χ1n) is 7.66. The molecule has 2 rings (SSSR count). The number of hydrogen-bond acceptors (Lipinski definition) is 4. The summed E-state index contributed by atoms with van der Waals surface area (Å²) in [6.45, 7) is 0.344. The summed E-state index contributed by atoms with van der Waals surface area (Å²) < 4.78 is 0. The van der Waals surface area contributed by atoms with E-state index in [0.29, 0.717) is 6.54 Å². The Morgan fingerprint density at radius 3 is 2.70 bits per heavy atom. The molecule has 0 N–H and O–H groups in total. The minimum atomic E-state index is -0.598. The van der Waals surface area contributed by atoms with Gasteiger partial charge in [-0.2, -0.15) is 5.26 Å². The summed E-state index contributed by atoms with van der Waals surface area (Å²) >= 11 is 5.80. The molecule has 0 saturated heterocycles. The van der Waals surface area contributed by atoms with E-state index >= 15 is 0 Å². The van der Waals surface area contributed by atoms with Crippen LogP contribution in [0.5, 0.6) is 0 Å². The van der Waals surface area contributed by atoms with Gasteiger partial charge in [0, 0.05) is 24.2 Å². The number of amides is 1. The lowest BCUT2D eigenvalue weighted by molar-refractivity contribution is -0.384. The van der Waals surface area contributed by atoms with E-state index in [-0.39, 0.29) is 34.6 Å². The summed E-state index contributed by atoms with van der Waals surface area (Å²) in [5.74, 6) is -0.271. The Morgan fingerprint density at radius 2 is 2.09 bits per heavy atom. The summed E-state index contributed by atoms with van der Waals surface area (Å²) in [6, 6.07) is 6.24. The average molecular weight is 336 g/mol. The van der Waals surface area contributed by atoms with Gasteiger partial charge >= 0.3 is 0 Å². The molecule has 6 nitrogen and oxygen atoms in total. The van der Waals surface area contributed by atoms with Crippen LogP contribution < -0.4 is 0 Å². The molecule has 0 heterocycles. The van der Waals surface area contributed by atoms with Crippen LogP contribution in [0.25, 0.3) is 0 Å². The molecule has 0 aliphatic heterocycles. The molecule has 0 atom stereocenters. The molecule has 0 spiro atoms. The van der Waals surface area contributed by atoms with Crippen molar-refractivity contribution in [3.05, 3.63) is 38.9 Å². The van der Waals surface area contributed by atoms with Crippen LogP contribution in [0.3, 0.4) is 0 Å². The summed E-state index contributed by atoms with van der Waals surface area (Å²) in [4.78, 5) is 24.9. The van der Waals surface area contributed by atoms with Crippen molar-refractivity contribution in [1.82, 2.24) is 4.90 Å². The number of nitriles is 1. The zero-order chi connectivity index (χ0) is 16.8. The van der Waals surface area contributed by atoms with Crippen molar-refractivity contribution in [3.8, 4) is 6.07 Å². The molecular weight excluding hydrogens is 318 g/mol. The number of rotatable bonds is 5. The number of carbonyl (C=O) groups is 1. The van der Waals surface area contributed by atoms with E-state index in [1.807, 2.05) is 0 Å². The maximum Gasteiger partial charge on any atom is 0.288 e. The second-order valence-corrected chi connectivity index (χ2v) is 6.03. The average Bonchev–Trinajstić information content (AvgIpc) is 2.56. The van der Waals surface area contributed by atoms with Gasteiger partial charge in [0.25, 0.3) is 11.6 Å². The normalized spacial score (nSPS) is 15.0. The number of benzene rings is 1. The number of nitrogens with zero attached hydrogens (tertiary/aromatic N) is 3. The van der Waals surface area contributed by atoms with Crippen molar-refractivity contribution in [1.29, 1.82) is 5.26 Å². The highest BCUT2D eigenvalue weighted by atomic mass is 35.5. The Hall–Kier alpha value is -2.13. The minimum absolute atomic E-state index is 0.00721. The first-order valence-corrected chi connectivity index (χ1v) is 8.04. The molecule has 0 bridgehead atoms. The van der Waals surface area contributed by atoms with E-state index in [9.17, 15) is 14.9 Å². The van der Waals surface area contributed by atoms with Crippen LogP contribution in [0.1, 0.15) is 48.9 Å². The summed E-state index contributed by atoms with van der Waals surface area (Å²) in [5.41, 5.74) is -0.0361. The van der Waals surface area contributed by atoms with Gasteiger partial charge in [-0.1, -0.05) is 30.9 Å². The molecule has 1 aromatic carbocycles. The summed E-state index contributed by atoms with van der Waals surface area (Å²) in [5, 5.41) is 19.8. The van der Waals surface area contributed by atoms with E-state index in [0.717, 1.165) is 32.1 Å². The van der Waals surface area contributed by atoms with Gasteiger partial charge < -0.3 is 4.90 Å². The predicted molar refractivity (Wildman–Crippen MR) is 86.2 cm³/mol. The Kier molecular flexibility index (Phi) is 5.94. The van der Waals surface area contributed by atoms with Gasteiger partial charge in [-0.05, 0) is 25.0 Å². The van der Waals surface area contributed by atoms with Crippen LogP contribution in [0.4, 0.5) is 5.69 Å². The number of carbonyl (C=O) groups excluding carboxylic acids is 1. The highest BCUT2D eigenvalue weighted by Crippen LogP contribution is 2.28. The fraction of sp³-hybridized carbons (Fsp3) is 0.500. The zero-order valence-corrected chi connectivity index (χ0v) is 13.5. The molecule has 1 aliphatic carbocycles. The van der Waals surface area contributed by atoms with Crippen LogP contribution in [-0.4, -0.2) is 28.3 Å². The Morgan fingerprint density at radius 1 is 1.39 bits per heavy atom. The van der Waals surface area contributed by atoms with Crippen molar-refractivity contribution >= 4 is 23.2 Å². The molecule has 0 radical (unpaired) electrons. The molecule has 7 heteroatoms. The fourth-order valence-electron chi connectivity index (χ4n) is 2.96. The lowest BCUT2D eigenvalue weighted by Crippen LogP contribution is -2.42. The highest BCUT2D eigenvalue weighted by molar-refractivity contribution is 6.32. The quantitative estimate of drug-likeness (QED) is 0.602. The minimum Gasteiger partial charge on any atom is -0.335 e. The largest absolute Gasteiger partial charge is 0.335 e. The summed E-state index contributed by atoms with van der Waals surface area (Å²) in [7, 11) is 0. The SMILES string of the molecule is N#CCCN(C(=O)c1ccc(Cl)c([N+](=O)[O-])c1)C1CCCCC1. The van der Waals surface area contributed by atoms with Gasteiger partial charge in [0.2, 0.25) is 0 Å². The molecule has 1 saturated carbocycles. The van der Waals surface area contributed by atoms with Crippen LogP contribution in [0.2, 0.25) is 5.02 Å².